The van der Waals surface area contributed by atoms with Gasteiger partial charge in [-0.2, -0.15) is 0 Å². The lowest BCUT2D eigenvalue weighted by atomic mass is 9.95. The first-order chi connectivity index (χ1) is 15.2. The van der Waals surface area contributed by atoms with Crippen molar-refractivity contribution in [2.75, 3.05) is 39.8 Å². The van der Waals surface area contributed by atoms with Gasteiger partial charge in [-0.3, -0.25) is 14.7 Å². The van der Waals surface area contributed by atoms with Crippen molar-refractivity contribution in [1.29, 1.82) is 0 Å². The van der Waals surface area contributed by atoms with E-state index in [1.807, 2.05) is 7.05 Å². The molecule has 1 aromatic rings. The highest BCUT2D eigenvalue weighted by Gasteiger charge is 2.41. The Hall–Kier alpha value is -1.39. The summed E-state index contributed by atoms with van der Waals surface area (Å²) in [5.41, 5.74) is 1.34. The van der Waals surface area contributed by atoms with Crippen molar-refractivity contribution in [1.82, 2.24) is 20.4 Å². The number of morpholine rings is 1. The molecule has 3 aliphatic rings. The lowest BCUT2D eigenvalue weighted by Crippen LogP contribution is -2.50. The van der Waals surface area contributed by atoms with Gasteiger partial charge in [-0.25, -0.2) is 0 Å². The summed E-state index contributed by atoms with van der Waals surface area (Å²) in [6.07, 6.45) is 6.69. The maximum absolute atomic E-state index is 12.3. The zero-order valence-corrected chi connectivity index (χ0v) is 21.5. The number of carbonyl (C=O) groups is 1. The van der Waals surface area contributed by atoms with Gasteiger partial charge in [0.25, 0.3) is 0 Å². The first-order valence-corrected chi connectivity index (χ1v) is 11.9. The highest BCUT2D eigenvalue weighted by Crippen LogP contribution is 2.24. The summed E-state index contributed by atoms with van der Waals surface area (Å²) < 4.78 is 6.09. The average molecular weight is 556 g/mol. The van der Waals surface area contributed by atoms with Crippen LogP contribution >= 0.6 is 24.0 Å². The van der Waals surface area contributed by atoms with Crippen LogP contribution < -0.4 is 10.6 Å². The third kappa shape index (κ3) is 6.81. The van der Waals surface area contributed by atoms with Gasteiger partial charge in [0.05, 0.1) is 18.8 Å². The molecule has 0 bridgehead atoms. The van der Waals surface area contributed by atoms with Crippen LogP contribution in [0, 0.1) is 0 Å². The number of nitrogens with zero attached hydrogens (tertiary/aromatic N) is 3. The highest BCUT2D eigenvalue weighted by molar-refractivity contribution is 14.0. The van der Waals surface area contributed by atoms with Crippen LogP contribution in [-0.2, 0) is 16.1 Å². The average Bonchev–Trinajstić information content (AvgIpc) is 3.23. The van der Waals surface area contributed by atoms with Crippen LogP contribution in [0.25, 0.3) is 0 Å². The van der Waals surface area contributed by atoms with Crippen molar-refractivity contribution in [3.05, 3.63) is 35.9 Å². The second kappa shape index (κ2) is 12.7. The van der Waals surface area contributed by atoms with Crippen molar-refractivity contribution in [3.63, 3.8) is 0 Å². The molecule has 0 radical (unpaired) electrons. The van der Waals surface area contributed by atoms with Crippen LogP contribution in [0.3, 0.4) is 0 Å². The number of rotatable bonds is 6. The number of guanidine groups is 1. The summed E-state index contributed by atoms with van der Waals surface area (Å²) >= 11 is 0. The lowest BCUT2D eigenvalue weighted by molar-refractivity contribution is -0.121. The number of amides is 1. The maximum atomic E-state index is 12.3. The Labute approximate surface area is 209 Å². The Morgan fingerprint density at radius 1 is 1.16 bits per heavy atom. The molecule has 0 aromatic heterocycles. The summed E-state index contributed by atoms with van der Waals surface area (Å²) in [6, 6.07) is 11.4. The minimum absolute atomic E-state index is 0. The van der Waals surface area contributed by atoms with Crippen LogP contribution in [0.4, 0.5) is 0 Å². The zero-order chi connectivity index (χ0) is 21.5. The number of ether oxygens (including phenoxy) is 1. The fraction of sp³-hybridized carbons (Fsp3) is 0.667. The largest absolute Gasteiger partial charge is 0.373 e. The van der Waals surface area contributed by atoms with Gasteiger partial charge in [0.2, 0.25) is 5.91 Å². The van der Waals surface area contributed by atoms with Crippen molar-refractivity contribution >= 4 is 35.8 Å². The SMILES string of the molecule is CN=C(NCCC(=O)NC1CCCCC1)N1CC2OCCN(Cc3ccccc3)C2C1.I. The van der Waals surface area contributed by atoms with Crippen molar-refractivity contribution in [2.45, 2.75) is 63.3 Å². The molecule has 3 fully saturated rings. The smallest absolute Gasteiger partial charge is 0.221 e. The first-order valence-electron chi connectivity index (χ1n) is 11.9. The number of aliphatic imine (C=N–C) groups is 1. The van der Waals surface area contributed by atoms with Gasteiger partial charge in [0, 0.05) is 52.2 Å². The van der Waals surface area contributed by atoms with E-state index in [9.17, 15) is 4.79 Å². The van der Waals surface area contributed by atoms with Crippen molar-refractivity contribution in [2.24, 2.45) is 4.99 Å². The van der Waals surface area contributed by atoms with Crippen LogP contribution in [0.5, 0.6) is 0 Å². The van der Waals surface area contributed by atoms with Gasteiger partial charge >= 0.3 is 0 Å². The highest BCUT2D eigenvalue weighted by atomic mass is 127. The summed E-state index contributed by atoms with van der Waals surface area (Å²) in [4.78, 5) is 21.6. The van der Waals surface area contributed by atoms with E-state index in [1.165, 1.54) is 24.8 Å². The van der Waals surface area contributed by atoms with Gasteiger partial charge in [-0.05, 0) is 18.4 Å². The molecule has 1 amide bonds. The summed E-state index contributed by atoms with van der Waals surface area (Å²) in [6.45, 7) is 5.01. The molecule has 2 unspecified atom stereocenters. The van der Waals surface area contributed by atoms with E-state index in [1.54, 1.807) is 0 Å². The van der Waals surface area contributed by atoms with Crippen molar-refractivity contribution in [3.8, 4) is 0 Å². The lowest BCUT2D eigenvalue weighted by Gasteiger charge is -2.36. The predicted octanol–water partition coefficient (Wildman–Crippen LogP) is 2.60. The van der Waals surface area contributed by atoms with E-state index >= 15 is 0 Å². The minimum Gasteiger partial charge on any atom is -0.373 e. The number of halogens is 1. The standard InChI is InChI=1S/C24H37N5O2.HI/c1-25-24(26-13-12-23(30)27-20-10-6-3-7-11-20)29-17-21-22(18-29)31-15-14-28(21)16-19-8-4-2-5-9-19;/h2,4-5,8-9,20-22H,3,6-7,10-18H2,1H3,(H,25,26)(H,27,30);1H. The number of hydrogen-bond acceptors (Lipinski definition) is 4. The number of fused-ring (bicyclic) bond motifs is 1. The van der Waals surface area contributed by atoms with Crippen LogP contribution in [0.2, 0.25) is 0 Å². The monoisotopic (exact) mass is 555 g/mol. The normalized spacial score (nSPS) is 24.5. The Kier molecular flexibility index (Phi) is 10.1. The molecule has 2 saturated heterocycles. The molecule has 8 heteroatoms. The molecule has 2 atom stereocenters. The maximum Gasteiger partial charge on any atom is 0.221 e. The predicted molar refractivity (Wildman–Crippen MR) is 138 cm³/mol. The molecule has 1 saturated carbocycles. The molecule has 1 aliphatic carbocycles. The number of carbonyl (C=O) groups excluding carboxylic acids is 1. The summed E-state index contributed by atoms with van der Waals surface area (Å²) in [7, 11) is 1.81. The molecule has 1 aromatic carbocycles. The Morgan fingerprint density at radius 2 is 1.94 bits per heavy atom. The third-order valence-electron chi connectivity index (χ3n) is 6.76. The minimum atomic E-state index is 0. The Bertz CT molecular complexity index is 741. The van der Waals surface area contributed by atoms with Crippen LogP contribution in [-0.4, -0.2) is 79.7 Å². The van der Waals surface area contributed by atoms with E-state index in [0.29, 0.717) is 25.0 Å². The molecule has 2 N–H and O–H groups in total. The van der Waals surface area contributed by atoms with E-state index < -0.39 is 0 Å². The van der Waals surface area contributed by atoms with Crippen LogP contribution in [0.1, 0.15) is 44.1 Å². The van der Waals surface area contributed by atoms with Gasteiger partial charge in [-0.15, -0.1) is 24.0 Å². The second-order valence-corrected chi connectivity index (χ2v) is 8.96. The first kappa shape index (κ1) is 25.2. The van der Waals surface area contributed by atoms with E-state index in [0.717, 1.165) is 51.6 Å². The fourth-order valence-corrected chi connectivity index (χ4v) is 5.11. The van der Waals surface area contributed by atoms with E-state index in [4.69, 9.17) is 4.74 Å². The quantitative estimate of drug-likeness (QED) is 0.321. The van der Waals surface area contributed by atoms with Crippen LogP contribution in [0.15, 0.2) is 35.3 Å². The summed E-state index contributed by atoms with van der Waals surface area (Å²) in [5, 5.41) is 6.59. The molecule has 32 heavy (non-hydrogen) atoms. The topological polar surface area (TPSA) is 69.2 Å². The van der Waals surface area contributed by atoms with E-state index in [2.05, 4.69) is 55.8 Å². The van der Waals surface area contributed by atoms with Gasteiger partial charge in [0.1, 0.15) is 0 Å². The second-order valence-electron chi connectivity index (χ2n) is 8.96. The molecule has 0 spiro atoms. The fourth-order valence-electron chi connectivity index (χ4n) is 5.11. The molecular weight excluding hydrogens is 517 g/mol. The molecule has 7 nitrogen and oxygen atoms in total. The number of nitrogens with one attached hydrogen (secondary N) is 2. The number of likely N-dealkylation sites (tertiary alicyclic amines) is 1. The molecule has 2 aliphatic heterocycles. The van der Waals surface area contributed by atoms with Gasteiger partial charge < -0.3 is 20.3 Å². The Morgan fingerprint density at radius 3 is 2.69 bits per heavy atom. The zero-order valence-electron chi connectivity index (χ0n) is 19.2. The third-order valence-corrected chi connectivity index (χ3v) is 6.76. The van der Waals surface area contributed by atoms with Gasteiger partial charge in [-0.1, -0.05) is 49.6 Å². The molecule has 2 heterocycles. The van der Waals surface area contributed by atoms with Gasteiger partial charge in [0.15, 0.2) is 5.96 Å². The molecule has 178 valence electrons. The number of benzene rings is 1. The van der Waals surface area contributed by atoms with E-state index in [-0.39, 0.29) is 36.0 Å². The van der Waals surface area contributed by atoms with Crippen molar-refractivity contribution < 1.29 is 9.53 Å². The molecule has 4 rings (SSSR count). The number of hydrogen-bond donors (Lipinski definition) is 2. The Balaban J connectivity index is 0.00000289. The molecular formula is C24H38IN5O2. The summed E-state index contributed by atoms with van der Waals surface area (Å²) in [5.74, 6) is 1.01.